The first-order valence-corrected chi connectivity index (χ1v) is 5.30. The summed E-state index contributed by atoms with van der Waals surface area (Å²) in [4.78, 5) is 22.2. The summed E-state index contributed by atoms with van der Waals surface area (Å²) in [6.07, 6.45) is 0.204. The summed E-state index contributed by atoms with van der Waals surface area (Å²) in [5.74, 6) is -1.84. The van der Waals surface area contributed by atoms with Gasteiger partial charge in [-0.25, -0.2) is 4.79 Å². The standard InChI is InChI=1S/C12H15NO5/c1-13-9(11(15)16)6-7-3-4-10(14)8(5-7)12(17)18-2/h3-5,9,13-14H,6H2,1-2H3,(H,15,16)/t9-/m0/s1. The zero-order valence-corrected chi connectivity index (χ0v) is 10.1. The molecule has 6 heteroatoms. The third-order valence-electron chi connectivity index (χ3n) is 2.55. The fourth-order valence-corrected chi connectivity index (χ4v) is 1.53. The molecule has 0 fully saturated rings. The van der Waals surface area contributed by atoms with Crippen molar-refractivity contribution in [2.75, 3.05) is 14.2 Å². The van der Waals surface area contributed by atoms with Gasteiger partial charge in [-0.05, 0) is 31.2 Å². The Morgan fingerprint density at radius 3 is 2.61 bits per heavy atom. The van der Waals surface area contributed by atoms with Crippen LogP contribution in [0.4, 0.5) is 0 Å². The Morgan fingerprint density at radius 1 is 1.44 bits per heavy atom. The van der Waals surface area contributed by atoms with Crippen molar-refractivity contribution in [3.8, 4) is 5.75 Å². The quantitative estimate of drug-likeness (QED) is 0.657. The number of carbonyl (C=O) groups excluding carboxylic acids is 1. The van der Waals surface area contributed by atoms with Crippen LogP contribution >= 0.6 is 0 Å². The normalized spacial score (nSPS) is 11.9. The number of likely N-dealkylation sites (N-methyl/N-ethyl adjacent to an activating group) is 1. The predicted octanol–water partition coefficient (Wildman–Crippen LogP) is 0.394. The van der Waals surface area contributed by atoms with E-state index in [-0.39, 0.29) is 17.7 Å². The van der Waals surface area contributed by atoms with Gasteiger partial charge in [-0.3, -0.25) is 4.79 Å². The number of rotatable bonds is 5. The monoisotopic (exact) mass is 253 g/mol. The van der Waals surface area contributed by atoms with Crippen molar-refractivity contribution in [1.82, 2.24) is 5.32 Å². The molecule has 6 nitrogen and oxygen atoms in total. The fraction of sp³-hybridized carbons (Fsp3) is 0.333. The van der Waals surface area contributed by atoms with Gasteiger partial charge in [0.15, 0.2) is 0 Å². The number of aromatic hydroxyl groups is 1. The Balaban J connectivity index is 2.98. The van der Waals surface area contributed by atoms with Crippen molar-refractivity contribution >= 4 is 11.9 Å². The topological polar surface area (TPSA) is 95.9 Å². The van der Waals surface area contributed by atoms with Gasteiger partial charge in [0.2, 0.25) is 0 Å². The lowest BCUT2D eigenvalue weighted by Gasteiger charge is -2.12. The number of carboxylic acid groups (broad SMARTS) is 1. The lowest BCUT2D eigenvalue weighted by Crippen LogP contribution is -2.35. The molecule has 3 N–H and O–H groups in total. The Bertz CT molecular complexity index is 458. The van der Waals surface area contributed by atoms with Crippen molar-refractivity contribution < 1.29 is 24.5 Å². The van der Waals surface area contributed by atoms with E-state index in [1.54, 1.807) is 13.1 Å². The van der Waals surface area contributed by atoms with Gasteiger partial charge in [-0.15, -0.1) is 0 Å². The van der Waals surface area contributed by atoms with Gasteiger partial charge in [0.05, 0.1) is 7.11 Å². The molecule has 1 atom stereocenters. The van der Waals surface area contributed by atoms with E-state index in [4.69, 9.17) is 5.11 Å². The zero-order valence-electron chi connectivity index (χ0n) is 10.1. The number of benzene rings is 1. The lowest BCUT2D eigenvalue weighted by atomic mass is 10.0. The largest absolute Gasteiger partial charge is 0.507 e. The van der Waals surface area contributed by atoms with Gasteiger partial charge in [0.25, 0.3) is 0 Å². The van der Waals surface area contributed by atoms with E-state index in [0.29, 0.717) is 5.56 Å². The Morgan fingerprint density at radius 2 is 2.11 bits per heavy atom. The molecule has 0 radical (unpaired) electrons. The number of methoxy groups -OCH3 is 1. The van der Waals surface area contributed by atoms with E-state index in [9.17, 15) is 14.7 Å². The number of phenols is 1. The van der Waals surface area contributed by atoms with Crippen molar-refractivity contribution in [2.45, 2.75) is 12.5 Å². The minimum Gasteiger partial charge on any atom is -0.507 e. The van der Waals surface area contributed by atoms with E-state index < -0.39 is 18.0 Å². The van der Waals surface area contributed by atoms with E-state index >= 15 is 0 Å². The molecule has 0 saturated carbocycles. The van der Waals surface area contributed by atoms with Gasteiger partial charge in [-0.2, -0.15) is 0 Å². The maximum Gasteiger partial charge on any atom is 0.341 e. The van der Waals surface area contributed by atoms with Gasteiger partial charge in [0.1, 0.15) is 17.4 Å². The summed E-state index contributed by atoms with van der Waals surface area (Å²) < 4.78 is 4.52. The highest BCUT2D eigenvalue weighted by Gasteiger charge is 2.18. The van der Waals surface area contributed by atoms with Crippen LogP contribution in [0.15, 0.2) is 18.2 Å². The average molecular weight is 253 g/mol. The molecule has 0 saturated heterocycles. The van der Waals surface area contributed by atoms with E-state index in [0.717, 1.165) is 0 Å². The molecule has 0 aromatic heterocycles. The number of hydrogen-bond donors (Lipinski definition) is 3. The number of esters is 1. The van der Waals surface area contributed by atoms with Crippen molar-refractivity contribution in [1.29, 1.82) is 0 Å². The van der Waals surface area contributed by atoms with Gasteiger partial charge < -0.3 is 20.3 Å². The maximum absolute atomic E-state index is 11.4. The second-order valence-corrected chi connectivity index (χ2v) is 3.73. The Labute approximate surface area is 104 Å². The fourth-order valence-electron chi connectivity index (χ4n) is 1.53. The van der Waals surface area contributed by atoms with Crippen LogP contribution in [0.1, 0.15) is 15.9 Å². The summed E-state index contributed by atoms with van der Waals surface area (Å²) in [6.45, 7) is 0. The lowest BCUT2D eigenvalue weighted by molar-refractivity contribution is -0.139. The second kappa shape index (κ2) is 6.02. The van der Waals surface area contributed by atoms with Crippen LogP contribution in [0.25, 0.3) is 0 Å². The van der Waals surface area contributed by atoms with Crippen LogP contribution in [0, 0.1) is 0 Å². The molecule has 18 heavy (non-hydrogen) atoms. The van der Waals surface area contributed by atoms with Crippen LogP contribution < -0.4 is 5.32 Å². The molecular formula is C12H15NO5. The SMILES string of the molecule is CN[C@@H](Cc1ccc(O)c(C(=O)OC)c1)C(=O)O. The number of carbonyl (C=O) groups is 2. The first-order chi connectivity index (χ1) is 8.49. The molecule has 1 rings (SSSR count). The molecule has 0 aliphatic heterocycles. The van der Waals surface area contributed by atoms with Crippen LogP contribution in [-0.4, -0.2) is 42.4 Å². The molecule has 1 aromatic carbocycles. The molecule has 0 aliphatic carbocycles. The average Bonchev–Trinajstić information content (AvgIpc) is 2.36. The summed E-state index contributed by atoms with van der Waals surface area (Å²) in [5, 5.41) is 21.1. The minimum atomic E-state index is -0.981. The number of hydrogen-bond acceptors (Lipinski definition) is 5. The van der Waals surface area contributed by atoms with Crippen molar-refractivity contribution in [3.05, 3.63) is 29.3 Å². The minimum absolute atomic E-state index is 0.0234. The molecule has 0 heterocycles. The van der Waals surface area contributed by atoms with Crippen LogP contribution in [0.5, 0.6) is 5.75 Å². The molecule has 98 valence electrons. The highest BCUT2D eigenvalue weighted by Crippen LogP contribution is 2.20. The van der Waals surface area contributed by atoms with Crippen molar-refractivity contribution in [2.24, 2.45) is 0 Å². The zero-order chi connectivity index (χ0) is 13.7. The number of carboxylic acids is 1. The number of phenolic OH excluding ortho intramolecular Hbond substituents is 1. The number of nitrogens with one attached hydrogen (secondary N) is 1. The highest BCUT2D eigenvalue weighted by atomic mass is 16.5. The van der Waals surface area contributed by atoms with Gasteiger partial charge in [-0.1, -0.05) is 6.07 Å². The highest BCUT2D eigenvalue weighted by molar-refractivity contribution is 5.92. The smallest absolute Gasteiger partial charge is 0.341 e. The molecule has 0 bridgehead atoms. The van der Waals surface area contributed by atoms with E-state index in [2.05, 4.69) is 10.1 Å². The summed E-state index contributed by atoms with van der Waals surface area (Å²) in [5.41, 5.74) is 0.644. The van der Waals surface area contributed by atoms with Gasteiger partial charge in [0, 0.05) is 0 Å². The third kappa shape index (κ3) is 3.21. The maximum atomic E-state index is 11.4. The first-order valence-electron chi connectivity index (χ1n) is 5.30. The summed E-state index contributed by atoms with van der Waals surface area (Å²) >= 11 is 0. The molecule has 0 unspecified atom stereocenters. The van der Waals surface area contributed by atoms with E-state index in [1.807, 2.05) is 0 Å². The van der Waals surface area contributed by atoms with Gasteiger partial charge >= 0.3 is 11.9 Å². The molecule has 0 aliphatic rings. The number of aliphatic carboxylic acids is 1. The summed E-state index contributed by atoms with van der Waals surface area (Å²) in [6, 6.07) is 3.58. The Hall–Kier alpha value is -2.08. The predicted molar refractivity (Wildman–Crippen MR) is 63.6 cm³/mol. The molecular weight excluding hydrogens is 238 g/mol. The van der Waals surface area contributed by atoms with Crippen molar-refractivity contribution in [3.63, 3.8) is 0 Å². The summed E-state index contributed by atoms with van der Waals surface area (Å²) in [7, 11) is 2.75. The van der Waals surface area contributed by atoms with Crippen LogP contribution in [0.3, 0.4) is 0 Å². The molecule has 1 aromatic rings. The van der Waals surface area contributed by atoms with Crippen LogP contribution in [0.2, 0.25) is 0 Å². The first kappa shape index (κ1) is 14.0. The van der Waals surface area contributed by atoms with E-state index in [1.165, 1.54) is 19.2 Å². The molecule has 0 amide bonds. The number of ether oxygens (including phenoxy) is 1. The Kier molecular flexibility index (Phi) is 4.67. The molecule has 0 spiro atoms. The van der Waals surface area contributed by atoms with Crippen LogP contribution in [-0.2, 0) is 16.0 Å². The second-order valence-electron chi connectivity index (χ2n) is 3.73. The third-order valence-corrected chi connectivity index (χ3v) is 2.55.